The summed E-state index contributed by atoms with van der Waals surface area (Å²) >= 11 is 8.05. The van der Waals surface area contributed by atoms with E-state index in [-0.39, 0.29) is 23.6 Å². The van der Waals surface area contributed by atoms with Gasteiger partial charge in [-0.3, -0.25) is 9.59 Å². The number of hydrogen-bond acceptors (Lipinski definition) is 7. The average Bonchev–Trinajstić information content (AvgIpc) is 2.94. The van der Waals surface area contributed by atoms with E-state index in [0.717, 1.165) is 11.8 Å². The molecule has 1 aliphatic rings. The Morgan fingerprint density at radius 1 is 1.43 bits per heavy atom. The first-order chi connectivity index (χ1) is 13.2. The van der Waals surface area contributed by atoms with Crippen LogP contribution in [-0.4, -0.2) is 46.3 Å². The highest BCUT2D eigenvalue weighted by Crippen LogP contribution is 2.43. The molecule has 1 aromatic rings. The molecule has 0 aromatic heterocycles. The summed E-state index contributed by atoms with van der Waals surface area (Å²) in [5.41, 5.74) is 0.687. The van der Waals surface area contributed by atoms with Gasteiger partial charge in [0.05, 0.1) is 29.8 Å². The maximum Gasteiger partial charge on any atom is 0.305 e. The van der Waals surface area contributed by atoms with Crippen molar-refractivity contribution < 1.29 is 24.2 Å². The molecule has 8 nitrogen and oxygen atoms in total. The SMILES string of the molecule is CCOc1cc(C=NN=C2NC(=O)C(CC(=O)O)S2)c(Br)c(Br)c1OC(C)C. The van der Waals surface area contributed by atoms with Crippen LogP contribution in [0.3, 0.4) is 0 Å². The van der Waals surface area contributed by atoms with Crippen LogP contribution in [-0.2, 0) is 9.59 Å². The van der Waals surface area contributed by atoms with Gasteiger partial charge in [0.25, 0.3) is 0 Å². The highest BCUT2D eigenvalue weighted by molar-refractivity contribution is 9.13. The van der Waals surface area contributed by atoms with Crippen LogP contribution in [0.5, 0.6) is 11.5 Å². The van der Waals surface area contributed by atoms with Crippen molar-refractivity contribution in [3.05, 3.63) is 20.6 Å². The van der Waals surface area contributed by atoms with Crippen LogP contribution in [0.15, 0.2) is 25.2 Å². The Labute approximate surface area is 183 Å². The molecule has 1 unspecified atom stereocenters. The molecule has 152 valence electrons. The highest BCUT2D eigenvalue weighted by atomic mass is 79.9. The standard InChI is InChI=1S/C17H19Br2N3O5S/c1-4-26-10-5-9(13(18)14(19)15(10)27-8(2)3)7-20-22-17-21-16(25)11(28-17)6-12(23)24/h5,7-8,11H,4,6H2,1-3H3,(H,23,24)(H,21,22,25). The molecule has 1 atom stereocenters. The molecule has 2 N–H and O–H groups in total. The molecule has 1 amide bonds. The van der Waals surface area contributed by atoms with Crippen LogP contribution in [0.25, 0.3) is 0 Å². The first-order valence-corrected chi connectivity index (χ1v) is 10.8. The van der Waals surface area contributed by atoms with Gasteiger partial charge in [-0.05, 0) is 58.7 Å². The topological polar surface area (TPSA) is 110 Å². The number of ether oxygens (including phenoxy) is 2. The number of carboxylic acid groups (broad SMARTS) is 1. The number of nitrogens with zero attached hydrogens (tertiary/aromatic N) is 2. The molecule has 1 fully saturated rings. The van der Waals surface area contributed by atoms with Gasteiger partial charge in [0.1, 0.15) is 5.25 Å². The van der Waals surface area contributed by atoms with E-state index < -0.39 is 11.2 Å². The summed E-state index contributed by atoms with van der Waals surface area (Å²) < 4.78 is 12.9. The van der Waals surface area contributed by atoms with E-state index in [4.69, 9.17) is 14.6 Å². The molecule has 2 rings (SSSR count). The van der Waals surface area contributed by atoms with Gasteiger partial charge in [-0.15, -0.1) is 5.10 Å². The maximum atomic E-state index is 11.7. The zero-order valence-corrected chi connectivity index (χ0v) is 19.4. The van der Waals surface area contributed by atoms with E-state index in [1.165, 1.54) is 6.21 Å². The summed E-state index contributed by atoms with van der Waals surface area (Å²) in [5, 5.41) is 18.8. The lowest BCUT2D eigenvalue weighted by molar-refractivity contribution is -0.138. The Bertz CT molecular complexity index is 830. The van der Waals surface area contributed by atoms with Gasteiger partial charge >= 0.3 is 5.97 Å². The van der Waals surface area contributed by atoms with E-state index in [0.29, 0.717) is 32.6 Å². The minimum atomic E-state index is -1.04. The van der Waals surface area contributed by atoms with Crippen LogP contribution in [0.4, 0.5) is 0 Å². The number of carbonyl (C=O) groups excluding carboxylic acids is 1. The van der Waals surface area contributed by atoms with E-state index in [1.54, 1.807) is 6.07 Å². The lowest BCUT2D eigenvalue weighted by Gasteiger charge is -2.18. The molecule has 1 saturated heterocycles. The number of thioether (sulfide) groups is 1. The first kappa shape index (κ1) is 22.7. The van der Waals surface area contributed by atoms with Crippen LogP contribution in [0.1, 0.15) is 32.8 Å². The third-order valence-electron chi connectivity index (χ3n) is 3.29. The largest absolute Gasteiger partial charge is 0.490 e. The van der Waals surface area contributed by atoms with Crippen LogP contribution >= 0.6 is 43.6 Å². The zero-order valence-electron chi connectivity index (χ0n) is 15.4. The maximum absolute atomic E-state index is 11.7. The number of hydrogen-bond donors (Lipinski definition) is 2. The Morgan fingerprint density at radius 3 is 2.75 bits per heavy atom. The number of carbonyl (C=O) groups is 2. The monoisotopic (exact) mass is 535 g/mol. The number of carboxylic acids is 1. The fraction of sp³-hybridized carbons (Fsp3) is 0.412. The van der Waals surface area contributed by atoms with Gasteiger partial charge in [0.15, 0.2) is 16.7 Å². The normalized spacial score (nSPS) is 18.1. The highest BCUT2D eigenvalue weighted by Gasteiger charge is 2.32. The van der Waals surface area contributed by atoms with Crippen molar-refractivity contribution in [2.75, 3.05) is 6.61 Å². The summed E-state index contributed by atoms with van der Waals surface area (Å²) in [6.45, 7) is 6.19. The second-order valence-electron chi connectivity index (χ2n) is 5.86. The van der Waals surface area contributed by atoms with E-state index in [9.17, 15) is 9.59 Å². The van der Waals surface area contributed by atoms with Crippen LogP contribution < -0.4 is 14.8 Å². The molecule has 0 aliphatic carbocycles. The Hall–Kier alpha value is -1.59. The molecular weight excluding hydrogens is 518 g/mol. The van der Waals surface area contributed by atoms with Crippen molar-refractivity contribution in [1.29, 1.82) is 0 Å². The van der Waals surface area contributed by atoms with E-state index in [2.05, 4.69) is 47.4 Å². The molecule has 28 heavy (non-hydrogen) atoms. The van der Waals surface area contributed by atoms with Crippen molar-refractivity contribution in [3.63, 3.8) is 0 Å². The number of rotatable bonds is 8. The lowest BCUT2D eigenvalue weighted by Crippen LogP contribution is -2.26. The number of amides is 1. The Kier molecular flexibility index (Phi) is 8.32. The van der Waals surface area contributed by atoms with E-state index >= 15 is 0 Å². The predicted molar refractivity (Wildman–Crippen MR) is 116 cm³/mol. The molecule has 0 saturated carbocycles. The Balaban J connectivity index is 2.23. The third-order valence-corrected chi connectivity index (χ3v) is 6.51. The molecule has 1 aromatic carbocycles. The summed E-state index contributed by atoms with van der Waals surface area (Å²) in [6.07, 6.45) is 1.20. The fourth-order valence-corrected chi connectivity index (χ4v) is 4.03. The number of aliphatic carboxylic acids is 1. The number of amidine groups is 1. The molecule has 1 heterocycles. The third kappa shape index (κ3) is 5.95. The number of nitrogens with one attached hydrogen (secondary N) is 1. The number of benzene rings is 1. The zero-order chi connectivity index (χ0) is 20.8. The lowest BCUT2D eigenvalue weighted by atomic mass is 10.2. The molecular formula is C17H19Br2N3O5S. The van der Waals surface area contributed by atoms with Crippen molar-refractivity contribution >= 4 is 66.9 Å². The van der Waals surface area contributed by atoms with Gasteiger partial charge in [0, 0.05) is 10.0 Å². The number of halogens is 2. The van der Waals surface area contributed by atoms with Crippen LogP contribution in [0.2, 0.25) is 0 Å². The molecule has 0 spiro atoms. The van der Waals surface area contributed by atoms with Crippen molar-refractivity contribution in [1.82, 2.24) is 5.32 Å². The molecule has 1 aliphatic heterocycles. The quantitative estimate of drug-likeness (QED) is 0.386. The van der Waals surface area contributed by atoms with Gasteiger partial charge in [0.2, 0.25) is 5.91 Å². The molecule has 0 radical (unpaired) electrons. The fourth-order valence-electron chi connectivity index (χ4n) is 2.20. The predicted octanol–water partition coefficient (Wildman–Crippen LogP) is 3.79. The second-order valence-corrected chi connectivity index (χ2v) is 8.64. The average molecular weight is 537 g/mol. The molecule has 0 bridgehead atoms. The first-order valence-electron chi connectivity index (χ1n) is 8.34. The van der Waals surface area contributed by atoms with Gasteiger partial charge < -0.3 is 19.9 Å². The van der Waals surface area contributed by atoms with Gasteiger partial charge in [-0.1, -0.05) is 11.8 Å². The van der Waals surface area contributed by atoms with E-state index in [1.807, 2.05) is 20.8 Å². The summed E-state index contributed by atoms with van der Waals surface area (Å²) in [5.74, 6) is -0.287. The summed E-state index contributed by atoms with van der Waals surface area (Å²) in [6, 6.07) is 1.77. The van der Waals surface area contributed by atoms with Gasteiger partial charge in [-0.2, -0.15) is 5.10 Å². The van der Waals surface area contributed by atoms with Crippen molar-refractivity contribution in [2.24, 2.45) is 10.2 Å². The smallest absolute Gasteiger partial charge is 0.305 e. The minimum absolute atomic E-state index is 0.0323. The van der Waals surface area contributed by atoms with Crippen LogP contribution in [0, 0.1) is 0 Å². The van der Waals surface area contributed by atoms with Crippen molar-refractivity contribution in [3.8, 4) is 11.5 Å². The summed E-state index contributed by atoms with van der Waals surface area (Å²) in [7, 11) is 0. The van der Waals surface area contributed by atoms with Crippen molar-refractivity contribution in [2.45, 2.75) is 38.5 Å². The second kappa shape index (κ2) is 10.3. The van der Waals surface area contributed by atoms with Gasteiger partial charge in [-0.25, -0.2) is 0 Å². The minimum Gasteiger partial charge on any atom is -0.490 e. The Morgan fingerprint density at radius 2 is 2.14 bits per heavy atom. The summed E-state index contributed by atoms with van der Waals surface area (Å²) in [4.78, 5) is 22.5. The molecule has 11 heteroatoms.